The van der Waals surface area contributed by atoms with Crippen molar-refractivity contribution in [3.05, 3.63) is 24.3 Å². The fourth-order valence-electron chi connectivity index (χ4n) is 3.09. The standard InChI is InChI=1S/C17H23NO3/c1-2-13-7-10-18(11-8-13)17(19)16-9-12-20-14-5-3-4-6-15(14)21-16/h3-6,13,16H,2,7-12H2,1H3. The number of benzene rings is 1. The second-order valence-corrected chi connectivity index (χ2v) is 5.87. The predicted octanol–water partition coefficient (Wildman–Crippen LogP) is 2.87. The van der Waals surface area contributed by atoms with Crippen LogP contribution < -0.4 is 9.47 Å². The van der Waals surface area contributed by atoms with Crippen molar-refractivity contribution in [3.63, 3.8) is 0 Å². The third-order valence-corrected chi connectivity index (χ3v) is 4.53. The van der Waals surface area contributed by atoms with Gasteiger partial charge in [0.05, 0.1) is 6.61 Å². The molecule has 1 aromatic carbocycles. The van der Waals surface area contributed by atoms with E-state index in [2.05, 4.69) is 6.92 Å². The van der Waals surface area contributed by atoms with Crippen molar-refractivity contribution < 1.29 is 14.3 Å². The number of ether oxygens (including phenoxy) is 2. The van der Waals surface area contributed by atoms with Crippen LogP contribution in [0.4, 0.5) is 0 Å². The Hall–Kier alpha value is -1.71. The molecule has 0 saturated carbocycles. The van der Waals surface area contributed by atoms with Gasteiger partial charge in [0.15, 0.2) is 17.6 Å². The van der Waals surface area contributed by atoms with Gasteiger partial charge in [-0.2, -0.15) is 0 Å². The zero-order chi connectivity index (χ0) is 14.7. The van der Waals surface area contributed by atoms with E-state index >= 15 is 0 Å². The summed E-state index contributed by atoms with van der Waals surface area (Å²) in [6.45, 7) is 4.48. The second-order valence-electron chi connectivity index (χ2n) is 5.87. The molecule has 114 valence electrons. The predicted molar refractivity (Wildman–Crippen MR) is 80.6 cm³/mol. The lowest BCUT2D eigenvalue weighted by Crippen LogP contribution is -2.46. The number of rotatable bonds is 2. The average molecular weight is 289 g/mol. The molecule has 0 aliphatic carbocycles. The Morgan fingerprint density at radius 2 is 1.90 bits per heavy atom. The van der Waals surface area contributed by atoms with Gasteiger partial charge in [-0.1, -0.05) is 25.5 Å². The second kappa shape index (κ2) is 6.37. The number of piperidine rings is 1. The molecular formula is C17H23NO3. The number of carbonyl (C=O) groups is 1. The van der Waals surface area contributed by atoms with Gasteiger partial charge in [-0.3, -0.25) is 4.79 Å². The van der Waals surface area contributed by atoms with Crippen molar-refractivity contribution >= 4 is 5.91 Å². The van der Waals surface area contributed by atoms with E-state index in [4.69, 9.17) is 9.47 Å². The molecule has 2 aliphatic heterocycles. The van der Waals surface area contributed by atoms with Gasteiger partial charge >= 0.3 is 0 Å². The Balaban J connectivity index is 1.65. The van der Waals surface area contributed by atoms with E-state index in [9.17, 15) is 4.79 Å². The van der Waals surface area contributed by atoms with Gasteiger partial charge in [0, 0.05) is 19.5 Å². The third-order valence-electron chi connectivity index (χ3n) is 4.53. The van der Waals surface area contributed by atoms with Crippen LogP contribution in [0.15, 0.2) is 24.3 Å². The lowest BCUT2D eigenvalue weighted by Gasteiger charge is -2.33. The summed E-state index contributed by atoms with van der Waals surface area (Å²) in [5.74, 6) is 2.30. The summed E-state index contributed by atoms with van der Waals surface area (Å²) in [4.78, 5) is 14.6. The molecule has 0 bridgehead atoms. The van der Waals surface area contributed by atoms with Crippen LogP contribution in [0.3, 0.4) is 0 Å². The van der Waals surface area contributed by atoms with E-state index in [0.717, 1.165) is 37.6 Å². The van der Waals surface area contributed by atoms with Gasteiger partial charge in [0.25, 0.3) is 5.91 Å². The summed E-state index contributed by atoms with van der Waals surface area (Å²) < 4.78 is 11.6. The lowest BCUT2D eigenvalue weighted by atomic mass is 9.94. The molecule has 21 heavy (non-hydrogen) atoms. The molecule has 0 N–H and O–H groups in total. The van der Waals surface area contributed by atoms with Gasteiger partial charge in [-0.25, -0.2) is 0 Å². The molecule has 1 unspecified atom stereocenters. The van der Waals surface area contributed by atoms with Gasteiger partial charge in [-0.15, -0.1) is 0 Å². The summed E-state index contributed by atoms with van der Waals surface area (Å²) >= 11 is 0. The number of amides is 1. The van der Waals surface area contributed by atoms with E-state index in [1.165, 1.54) is 6.42 Å². The highest BCUT2D eigenvalue weighted by atomic mass is 16.5. The molecule has 4 nitrogen and oxygen atoms in total. The van der Waals surface area contributed by atoms with Crippen LogP contribution in [-0.4, -0.2) is 36.6 Å². The molecule has 0 radical (unpaired) electrons. The quantitative estimate of drug-likeness (QED) is 0.840. The maximum Gasteiger partial charge on any atom is 0.263 e. The van der Waals surface area contributed by atoms with Gasteiger partial charge in [-0.05, 0) is 30.9 Å². The van der Waals surface area contributed by atoms with Crippen LogP contribution in [0.5, 0.6) is 11.5 Å². The van der Waals surface area contributed by atoms with Crippen LogP contribution >= 0.6 is 0 Å². The highest BCUT2D eigenvalue weighted by Gasteiger charge is 2.31. The zero-order valence-corrected chi connectivity index (χ0v) is 12.6. The first kappa shape index (κ1) is 14.2. The molecule has 0 spiro atoms. The van der Waals surface area contributed by atoms with Gasteiger partial charge in [0.1, 0.15) is 0 Å². The molecule has 3 rings (SSSR count). The van der Waals surface area contributed by atoms with E-state index < -0.39 is 6.10 Å². The van der Waals surface area contributed by atoms with Crippen molar-refractivity contribution in [2.75, 3.05) is 19.7 Å². The number of likely N-dealkylation sites (tertiary alicyclic amines) is 1. The van der Waals surface area contributed by atoms with Crippen LogP contribution in [0.25, 0.3) is 0 Å². The van der Waals surface area contributed by atoms with Crippen LogP contribution in [0.2, 0.25) is 0 Å². The summed E-state index contributed by atoms with van der Waals surface area (Å²) in [5, 5.41) is 0. The zero-order valence-electron chi connectivity index (χ0n) is 12.6. The van der Waals surface area contributed by atoms with Crippen LogP contribution in [0, 0.1) is 5.92 Å². The van der Waals surface area contributed by atoms with E-state index in [0.29, 0.717) is 18.8 Å². The van der Waals surface area contributed by atoms with E-state index in [-0.39, 0.29) is 5.91 Å². The maximum atomic E-state index is 12.7. The summed E-state index contributed by atoms with van der Waals surface area (Å²) in [6.07, 6.45) is 3.64. The average Bonchev–Trinajstić information content (AvgIpc) is 2.76. The number of fused-ring (bicyclic) bond motifs is 1. The number of hydrogen-bond donors (Lipinski definition) is 0. The fourth-order valence-corrected chi connectivity index (χ4v) is 3.09. The highest BCUT2D eigenvalue weighted by molar-refractivity contribution is 5.81. The lowest BCUT2D eigenvalue weighted by molar-refractivity contribution is -0.140. The first-order chi connectivity index (χ1) is 10.3. The van der Waals surface area contributed by atoms with Crippen LogP contribution in [-0.2, 0) is 4.79 Å². The van der Waals surface area contributed by atoms with Gasteiger partial charge in [0.2, 0.25) is 0 Å². The molecule has 1 saturated heterocycles. The van der Waals surface area contributed by atoms with Crippen molar-refractivity contribution in [2.24, 2.45) is 5.92 Å². The molecule has 0 aromatic heterocycles. The molecular weight excluding hydrogens is 266 g/mol. The minimum Gasteiger partial charge on any atom is -0.490 e. The van der Waals surface area contributed by atoms with Crippen molar-refractivity contribution in [1.29, 1.82) is 0 Å². The largest absolute Gasteiger partial charge is 0.490 e. The van der Waals surface area contributed by atoms with Crippen molar-refractivity contribution in [2.45, 2.75) is 38.7 Å². The number of para-hydroxylation sites is 2. The Kier molecular flexibility index (Phi) is 4.32. The van der Waals surface area contributed by atoms with E-state index in [1.54, 1.807) is 0 Å². The third kappa shape index (κ3) is 3.14. The smallest absolute Gasteiger partial charge is 0.263 e. The van der Waals surface area contributed by atoms with Crippen molar-refractivity contribution in [1.82, 2.24) is 4.90 Å². The van der Waals surface area contributed by atoms with Crippen LogP contribution in [0.1, 0.15) is 32.6 Å². The monoisotopic (exact) mass is 289 g/mol. The Labute approximate surface area is 126 Å². The first-order valence-corrected chi connectivity index (χ1v) is 7.95. The van der Waals surface area contributed by atoms with Crippen molar-refractivity contribution in [3.8, 4) is 11.5 Å². The molecule has 4 heteroatoms. The normalized spacial score (nSPS) is 22.7. The Morgan fingerprint density at radius 3 is 2.62 bits per heavy atom. The molecule has 1 atom stereocenters. The minimum atomic E-state index is -0.410. The number of carbonyl (C=O) groups excluding carboxylic acids is 1. The molecule has 1 fully saturated rings. The number of hydrogen-bond acceptors (Lipinski definition) is 3. The minimum absolute atomic E-state index is 0.116. The first-order valence-electron chi connectivity index (χ1n) is 7.95. The van der Waals surface area contributed by atoms with E-state index in [1.807, 2.05) is 29.2 Å². The summed E-state index contributed by atoms with van der Waals surface area (Å²) in [5.41, 5.74) is 0. The van der Waals surface area contributed by atoms with Gasteiger partial charge < -0.3 is 14.4 Å². The summed E-state index contributed by atoms with van der Waals surface area (Å²) in [6, 6.07) is 7.57. The molecule has 1 aromatic rings. The topological polar surface area (TPSA) is 38.8 Å². The molecule has 2 aliphatic rings. The molecule has 2 heterocycles. The Bertz CT molecular complexity index is 495. The maximum absolute atomic E-state index is 12.7. The highest BCUT2D eigenvalue weighted by Crippen LogP contribution is 2.31. The number of nitrogens with zero attached hydrogens (tertiary/aromatic N) is 1. The SMILES string of the molecule is CCC1CCN(C(=O)C2CCOc3ccccc3O2)CC1. The Morgan fingerprint density at radius 1 is 1.19 bits per heavy atom. The summed E-state index contributed by atoms with van der Waals surface area (Å²) in [7, 11) is 0. The fraction of sp³-hybridized carbons (Fsp3) is 0.588. The molecule has 1 amide bonds.